The molecule has 1 heterocycles. The first-order valence-corrected chi connectivity index (χ1v) is 6.85. The van der Waals surface area contributed by atoms with E-state index < -0.39 is 5.97 Å². The SMILES string of the molecule is CN(CCc1ccccc1C(=O)O)CC(=O)N1CCC1. The van der Waals surface area contributed by atoms with Crippen LogP contribution in [0.5, 0.6) is 0 Å². The van der Waals surface area contributed by atoms with Crippen molar-refractivity contribution in [3.05, 3.63) is 35.4 Å². The van der Waals surface area contributed by atoms with Crippen LogP contribution in [0.4, 0.5) is 0 Å². The Morgan fingerprint density at radius 3 is 2.60 bits per heavy atom. The van der Waals surface area contributed by atoms with Gasteiger partial charge in [0, 0.05) is 19.6 Å². The van der Waals surface area contributed by atoms with Gasteiger partial charge in [-0.15, -0.1) is 0 Å². The molecule has 5 heteroatoms. The summed E-state index contributed by atoms with van der Waals surface area (Å²) in [6, 6.07) is 7.01. The lowest BCUT2D eigenvalue weighted by atomic mass is 10.0. The van der Waals surface area contributed by atoms with Crippen LogP contribution in [0.2, 0.25) is 0 Å². The summed E-state index contributed by atoms with van der Waals surface area (Å²) >= 11 is 0. The number of rotatable bonds is 6. The third-order valence-corrected chi connectivity index (χ3v) is 3.62. The lowest BCUT2D eigenvalue weighted by molar-refractivity contribution is -0.135. The van der Waals surface area contributed by atoms with E-state index in [-0.39, 0.29) is 5.91 Å². The highest BCUT2D eigenvalue weighted by Gasteiger charge is 2.21. The fraction of sp³-hybridized carbons (Fsp3) is 0.467. The number of amides is 1. The normalized spacial score (nSPS) is 14.2. The molecule has 1 aromatic carbocycles. The molecular formula is C15H20N2O3. The molecule has 1 fully saturated rings. The van der Waals surface area contributed by atoms with Crippen molar-refractivity contribution in [2.24, 2.45) is 0 Å². The van der Waals surface area contributed by atoms with Crippen LogP contribution in [0.3, 0.4) is 0 Å². The lowest BCUT2D eigenvalue weighted by Gasteiger charge is -2.32. The van der Waals surface area contributed by atoms with Crippen LogP contribution in [-0.4, -0.2) is 60.0 Å². The first kappa shape index (κ1) is 14.5. The van der Waals surface area contributed by atoms with Gasteiger partial charge < -0.3 is 10.0 Å². The molecule has 0 bridgehead atoms. The van der Waals surface area contributed by atoms with Crippen molar-refractivity contribution >= 4 is 11.9 Å². The van der Waals surface area contributed by atoms with Crippen molar-refractivity contribution < 1.29 is 14.7 Å². The number of carbonyl (C=O) groups excluding carboxylic acids is 1. The first-order valence-electron chi connectivity index (χ1n) is 6.85. The third kappa shape index (κ3) is 3.57. The fourth-order valence-corrected chi connectivity index (χ4v) is 2.23. The standard InChI is InChI=1S/C15H20N2O3/c1-16(11-14(18)17-8-4-9-17)10-7-12-5-2-3-6-13(12)15(19)20/h2-3,5-6H,4,7-11H2,1H3,(H,19,20). The van der Waals surface area contributed by atoms with E-state index in [1.165, 1.54) is 0 Å². The number of hydrogen-bond donors (Lipinski definition) is 1. The Morgan fingerprint density at radius 2 is 2.00 bits per heavy atom. The molecule has 108 valence electrons. The molecule has 0 aromatic heterocycles. The Hall–Kier alpha value is -1.88. The molecule has 1 N–H and O–H groups in total. The highest BCUT2D eigenvalue weighted by Crippen LogP contribution is 2.10. The van der Waals surface area contributed by atoms with Crippen molar-refractivity contribution in [1.29, 1.82) is 0 Å². The van der Waals surface area contributed by atoms with Gasteiger partial charge in [0.25, 0.3) is 0 Å². The Labute approximate surface area is 118 Å². The average molecular weight is 276 g/mol. The maximum absolute atomic E-state index is 11.8. The Morgan fingerprint density at radius 1 is 1.30 bits per heavy atom. The largest absolute Gasteiger partial charge is 0.478 e. The van der Waals surface area contributed by atoms with E-state index in [9.17, 15) is 9.59 Å². The summed E-state index contributed by atoms with van der Waals surface area (Å²) in [6.07, 6.45) is 1.73. The second-order valence-corrected chi connectivity index (χ2v) is 5.18. The number of carboxylic acid groups (broad SMARTS) is 1. The smallest absolute Gasteiger partial charge is 0.335 e. The van der Waals surface area contributed by atoms with Crippen LogP contribution in [0.15, 0.2) is 24.3 Å². The minimum absolute atomic E-state index is 0.158. The number of likely N-dealkylation sites (N-methyl/N-ethyl adjacent to an activating group) is 1. The highest BCUT2D eigenvalue weighted by molar-refractivity contribution is 5.89. The molecule has 1 aromatic rings. The summed E-state index contributed by atoms with van der Waals surface area (Å²) in [5.41, 5.74) is 1.15. The molecule has 0 atom stereocenters. The highest BCUT2D eigenvalue weighted by atomic mass is 16.4. The van der Waals surface area contributed by atoms with Crippen LogP contribution in [0, 0.1) is 0 Å². The summed E-state index contributed by atoms with van der Waals surface area (Å²) in [7, 11) is 1.89. The van der Waals surface area contributed by atoms with Crippen LogP contribution in [-0.2, 0) is 11.2 Å². The van der Waals surface area contributed by atoms with Gasteiger partial charge in [-0.25, -0.2) is 4.79 Å². The van der Waals surface area contributed by atoms with E-state index in [0.717, 1.165) is 25.1 Å². The zero-order chi connectivity index (χ0) is 14.5. The van der Waals surface area contributed by atoms with Gasteiger partial charge in [-0.2, -0.15) is 0 Å². The molecule has 0 unspecified atom stereocenters. The molecule has 0 spiro atoms. The van der Waals surface area contributed by atoms with Gasteiger partial charge >= 0.3 is 5.97 Å². The van der Waals surface area contributed by atoms with Crippen LogP contribution >= 0.6 is 0 Å². The molecule has 1 aliphatic heterocycles. The van der Waals surface area contributed by atoms with E-state index in [4.69, 9.17) is 5.11 Å². The zero-order valence-corrected chi connectivity index (χ0v) is 11.7. The number of benzene rings is 1. The average Bonchev–Trinajstić information content (AvgIpc) is 2.34. The molecule has 0 radical (unpaired) electrons. The second-order valence-electron chi connectivity index (χ2n) is 5.18. The molecule has 1 aliphatic rings. The minimum atomic E-state index is -0.903. The van der Waals surface area contributed by atoms with Crippen LogP contribution in [0.25, 0.3) is 0 Å². The number of hydrogen-bond acceptors (Lipinski definition) is 3. The molecule has 20 heavy (non-hydrogen) atoms. The quantitative estimate of drug-likeness (QED) is 0.845. The maximum atomic E-state index is 11.8. The first-order chi connectivity index (χ1) is 9.58. The van der Waals surface area contributed by atoms with Crippen molar-refractivity contribution in [2.75, 3.05) is 33.2 Å². The Bertz CT molecular complexity index is 498. The van der Waals surface area contributed by atoms with E-state index in [2.05, 4.69) is 0 Å². The van der Waals surface area contributed by atoms with Crippen molar-refractivity contribution in [3.63, 3.8) is 0 Å². The van der Waals surface area contributed by atoms with E-state index in [1.54, 1.807) is 12.1 Å². The topological polar surface area (TPSA) is 60.9 Å². The van der Waals surface area contributed by atoms with Gasteiger partial charge in [0.2, 0.25) is 5.91 Å². The minimum Gasteiger partial charge on any atom is -0.478 e. The van der Waals surface area contributed by atoms with Crippen molar-refractivity contribution in [2.45, 2.75) is 12.8 Å². The van der Waals surface area contributed by atoms with Crippen molar-refractivity contribution in [1.82, 2.24) is 9.80 Å². The van der Waals surface area contributed by atoms with Crippen LogP contribution in [0.1, 0.15) is 22.3 Å². The molecule has 5 nitrogen and oxygen atoms in total. The molecule has 0 saturated carbocycles. The number of nitrogens with zero attached hydrogens (tertiary/aromatic N) is 2. The monoisotopic (exact) mass is 276 g/mol. The van der Waals surface area contributed by atoms with Gasteiger partial charge in [0.1, 0.15) is 0 Å². The predicted molar refractivity (Wildman–Crippen MR) is 75.8 cm³/mol. The molecular weight excluding hydrogens is 256 g/mol. The van der Waals surface area contributed by atoms with Gasteiger partial charge in [-0.1, -0.05) is 18.2 Å². The summed E-state index contributed by atoms with van der Waals surface area (Å²) in [5, 5.41) is 9.11. The summed E-state index contributed by atoms with van der Waals surface area (Å²) in [4.78, 5) is 26.7. The van der Waals surface area contributed by atoms with Gasteiger partial charge in [-0.05, 0) is 31.5 Å². The van der Waals surface area contributed by atoms with E-state index in [0.29, 0.717) is 25.1 Å². The molecule has 1 amide bonds. The van der Waals surface area contributed by atoms with E-state index >= 15 is 0 Å². The number of carbonyl (C=O) groups is 2. The lowest BCUT2D eigenvalue weighted by Crippen LogP contribution is -2.46. The predicted octanol–water partition coefficient (Wildman–Crippen LogP) is 1.09. The third-order valence-electron chi connectivity index (χ3n) is 3.62. The zero-order valence-electron chi connectivity index (χ0n) is 11.7. The molecule has 2 rings (SSSR count). The van der Waals surface area contributed by atoms with Crippen molar-refractivity contribution in [3.8, 4) is 0 Å². The molecule has 1 saturated heterocycles. The van der Waals surface area contributed by atoms with Gasteiger partial charge in [0.05, 0.1) is 12.1 Å². The number of carboxylic acids is 1. The van der Waals surface area contributed by atoms with Gasteiger partial charge in [-0.3, -0.25) is 9.69 Å². The van der Waals surface area contributed by atoms with E-state index in [1.807, 2.05) is 29.0 Å². The molecule has 0 aliphatic carbocycles. The Kier molecular flexibility index (Phi) is 4.74. The van der Waals surface area contributed by atoms with Crippen LogP contribution < -0.4 is 0 Å². The fourth-order valence-electron chi connectivity index (χ4n) is 2.23. The summed E-state index contributed by atoms with van der Waals surface area (Å²) in [5.74, 6) is -0.745. The maximum Gasteiger partial charge on any atom is 0.335 e. The number of aromatic carboxylic acids is 1. The summed E-state index contributed by atoms with van der Waals surface area (Å²) < 4.78 is 0. The summed E-state index contributed by atoms with van der Waals surface area (Å²) in [6.45, 7) is 2.81. The Balaban J connectivity index is 1.85. The number of likely N-dealkylation sites (tertiary alicyclic amines) is 1. The van der Waals surface area contributed by atoms with Gasteiger partial charge in [0.15, 0.2) is 0 Å². The second kappa shape index (κ2) is 6.52.